The largest absolute Gasteiger partial charge is 0.295 e. The molecule has 0 saturated heterocycles. The number of ketones is 1. The van der Waals surface area contributed by atoms with Crippen molar-refractivity contribution in [1.82, 2.24) is 0 Å². The second-order valence-corrected chi connectivity index (χ2v) is 4.70. The maximum atomic E-state index is 11.5. The molecule has 0 spiro atoms. The van der Waals surface area contributed by atoms with Crippen molar-refractivity contribution < 1.29 is 4.79 Å². The van der Waals surface area contributed by atoms with Crippen molar-refractivity contribution in [2.45, 2.75) is 40.0 Å². The number of rotatable bonds is 2. The zero-order valence-corrected chi connectivity index (χ0v) is 9.76. The zero-order chi connectivity index (χ0) is 11.0. The fraction of sp³-hybridized carbons (Fsp3) is 0.500. The number of benzene rings is 1. The van der Waals surface area contributed by atoms with Gasteiger partial charge in [0.15, 0.2) is 5.78 Å². The molecule has 0 saturated carbocycles. The van der Waals surface area contributed by atoms with Gasteiger partial charge in [0.25, 0.3) is 0 Å². The highest BCUT2D eigenvalue weighted by Gasteiger charge is 2.20. The molecular formula is C14H18O. The topological polar surface area (TPSA) is 17.1 Å². The lowest BCUT2D eigenvalue weighted by Crippen LogP contribution is -2.01. The number of Topliss-reactive ketones (excluding diaryl/α,β-unsaturated/α-hetero) is 1. The van der Waals surface area contributed by atoms with Crippen LogP contribution in [0, 0.1) is 5.92 Å². The minimum absolute atomic E-state index is 0.203. The monoisotopic (exact) mass is 202 g/mol. The van der Waals surface area contributed by atoms with Crippen LogP contribution in [-0.2, 0) is 19.3 Å². The van der Waals surface area contributed by atoms with Gasteiger partial charge in [0.1, 0.15) is 0 Å². The van der Waals surface area contributed by atoms with Gasteiger partial charge < -0.3 is 0 Å². The molecule has 0 amide bonds. The molecule has 1 aliphatic rings. The van der Waals surface area contributed by atoms with E-state index in [9.17, 15) is 4.79 Å². The summed E-state index contributed by atoms with van der Waals surface area (Å²) in [5.74, 6) is 0.945. The Labute approximate surface area is 91.5 Å². The minimum Gasteiger partial charge on any atom is -0.295 e. The van der Waals surface area contributed by atoms with Crippen molar-refractivity contribution in [1.29, 1.82) is 0 Å². The van der Waals surface area contributed by atoms with Crippen LogP contribution in [0.1, 0.15) is 47.8 Å². The summed E-state index contributed by atoms with van der Waals surface area (Å²) in [4.78, 5) is 11.5. The van der Waals surface area contributed by atoms with Crippen LogP contribution in [0.5, 0.6) is 0 Å². The predicted octanol–water partition coefficient (Wildman–Crippen LogP) is 3.19. The molecular weight excluding hydrogens is 184 g/mol. The molecule has 1 unspecified atom stereocenters. The van der Waals surface area contributed by atoms with Gasteiger partial charge in [0, 0.05) is 5.56 Å². The van der Waals surface area contributed by atoms with Gasteiger partial charge in [0.2, 0.25) is 0 Å². The van der Waals surface area contributed by atoms with Gasteiger partial charge in [-0.2, -0.15) is 0 Å². The van der Waals surface area contributed by atoms with E-state index in [1.54, 1.807) is 6.92 Å². The first-order valence-electron chi connectivity index (χ1n) is 5.77. The molecule has 0 aliphatic heterocycles. The van der Waals surface area contributed by atoms with Crippen molar-refractivity contribution in [2.24, 2.45) is 5.92 Å². The molecule has 0 aromatic heterocycles. The first kappa shape index (κ1) is 10.4. The van der Waals surface area contributed by atoms with E-state index in [1.165, 1.54) is 23.1 Å². The van der Waals surface area contributed by atoms with E-state index < -0.39 is 0 Å². The van der Waals surface area contributed by atoms with Gasteiger partial charge in [-0.15, -0.1) is 0 Å². The van der Waals surface area contributed by atoms with Crippen molar-refractivity contribution in [2.75, 3.05) is 0 Å². The summed E-state index contributed by atoms with van der Waals surface area (Å²) in [6.07, 6.45) is 3.27. The molecule has 1 atom stereocenters. The standard InChI is InChI=1S/C14H18O/c1-4-11-7-12-5-9(2)6-13(12)8-14(11)10(3)15/h7-9H,4-6H2,1-3H3. The van der Waals surface area contributed by atoms with E-state index in [1.807, 2.05) is 0 Å². The van der Waals surface area contributed by atoms with Crippen LogP contribution in [0.2, 0.25) is 0 Å². The first-order chi connectivity index (χ1) is 7.11. The lowest BCUT2D eigenvalue weighted by Gasteiger charge is -2.08. The smallest absolute Gasteiger partial charge is 0.160 e. The highest BCUT2D eigenvalue weighted by atomic mass is 16.1. The second kappa shape index (κ2) is 3.80. The predicted molar refractivity (Wildman–Crippen MR) is 62.4 cm³/mol. The normalized spacial score (nSPS) is 19.0. The van der Waals surface area contributed by atoms with Gasteiger partial charge in [-0.05, 0) is 54.9 Å². The minimum atomic E-state index is 0.203. The highest BCUT2D eigenvalue weighted by Crippen LogP contribution is 2.29. The van der Waals surface area contributed by atoms with Crippen LogP contribution in [0.3, 0.4) is 0 Å². The summed E-state index contributed by atoms with van der Waals surface area (Å²) in [7, 11) is 0. The lowest BCUT2D eigenvalue weighted by atomic mass is 9.96. The Balaban J connectivity index is 2.50. The third-order valence-electron chi connectivity index (χ3n) is 3.32. The number of carbonyl (C=O) groups is 1. The Morgan fingerprint density at radius 2 is 1.93 bits per heavy atom. The molecule has 1 aromatic carbocycles. The number of aryl methyl sites for hydroxylation is 1. The summed E-state index contributed by atoms with van der Waals surface area (Å²) >= 11 is 0. The molecule has 0 fully saturated rings. The van der Waals surface area contributed by atoms with Crippen LogP contribution in [-0.4, -0.2) is 5.78 Å². The summed E-state index contributed by atoms with van der Waals surface area (Å²) in [6, 6.07) is 4.37. The third kappa shape index (κ3) is 1.83. The molecule has 80 valence electrons. The van der Waals surface area contributed by atoms with Crippen LogP contribution in [0.15, 0.2) is 12.1 Å². The fourth-order valence-electron chi connectivity index (χ4n) is 2.56. The zero-order valence-electron chi connectivity index (χ0n) is 9.76. The van der Waals surface area contributed by atoms with Gasteiger partial charge >= 0.3 is 0 Å². The van der Waals surface area contributed by atoms with Gasteiger partial charge in [0.05, 0.1) is 0 Å². The van der Waals surface area contributed by atoms with E-state index in [4.69, 9.17) is 0 Å². The molecule has 0 N–H and O–H groups in total. The van der Waals surface area contributed by atoms with E-state index in [0.29, 0.717) is 0 Å². The Kier molecular flexibility index (Phi) is 2.64. The van der Waals surface area contributed by atoms with Crippen molar-refractivity contribution >= 4 is 5.78 Å². The lowest BCUT2D eigenvalue weighted by molar-refractivity contribution is 0.101. The second-order valence-electron chi connectivity index (χ2n) is 4.70. The Morgan fingerprint density at radius 1 is 1.33 bits per heavy atom. The number of hydrogen-bond donors (Lipinski definition) is 0. The van der Waals surface area contributed by atoms with Crippen LogP contribution < -0.4 is 0 Å². The maximum absolute atomic E-state index is 11.5. The summed E-state index contributed by atoms with van der Waals surface area (Å²) in [5.41, 5.74) is 5.01. The highest BCUT2D eigenvalue weighted by molar-refractivity contribution is 5.96. The number of hydrogen-bond acceptors (Lipinski definition) is 1. The fourth-order valence-corrected chi connectivity index (χ4v) is 2.56. The quantitative estimate of drug-likeness (QED) is 0.673. The molecule has 1 nitrogen and oxygen atoms in total. The first-order valence-corrected chi connectivity index (χ1v) is 5.77. The molecule has 1 aromatic rings. The molecule has 0 heterocycles. The van der Waals surface area contributed by atoms with Gasteiger partial charge in [-0.25, -0.2) is 0 Å². The Morgan fingerprint density at radius 3 is 2.47 bits per heavy atom. The maximum Gasteiger partial charge on any atom is 0.160 e. The van der Waals surface area contributed by atoms with Gasteiger partial charge in [-0.3, -0.25) is 4.79 Å². The number of fused-ring (bicyclic) bond motifs is 1. The van der Waals surface area contributed by atoms with E-state index in [0.717, 1.165) is 24.3 Å². The van der Waals surface area contributed by atoms with E-state index >= 15 is 0 Å². The molecule has 1 aliphatic carbocycles. The van der Waals surface area contributed by atoms with Crippen molar-refractivity contribution in [3.05, 3.63) is 34.4 Å². The average molecular weight is 202 g/mol. The van der Waals surface area contributed by atoms with E-state index in [-0.39, 0.29) is 5.78 Å². The van der Waals surface area contributed by atoms with Gasteiger partial charge in [-0.1, -0.05) is 19.9 Å². The van der Waals surface area contributed by atoms with Crippen molar-refractivity contribution in [3.63, 3.8) is 0 Å². The van der Waals surface area contributed by atoms with Crippen LogP contribution in [0.4, 0.5) is 0 Å². The Bertz CT molecular complexity index is 404. The molecule has 1 heteroatoms. The SMILES string of the molecule is CCc1cc2c(cc1C(C)=O)CC(C)C2. The third-order valence-corrected chi connectivity index (χ3v) is 3.32. The molecule has 0 bridgehead atoms. The molecule has 2 rings (SSSR count). The van der Waals surface area contributed by atoms with Crippen LogP contribution in [0.25, 0.3) is 0 Å². The van der Waals surface area contributed by atoms with Crippen molar-refractivity contribution in [3.8, 4) is 0 Å². The summed E-state index contributed by atoms with van der Waals surface area (Å²) in [5, 5.41) is 0. The summed E-state index contributed by atoms with van der Waals surface area (Å²) < 4.78 is 0. The summed E-state index contributed by atoms with van der Waals surface area (Å²) in [6.45, 7) is 6.06. The molecule has 0 radical (unpaired) electrons. The average Bonchev–Trinajstić information content (AvgIpc) is 2.54. The van der Waals surface area contributed by atoms with Crippen LogP contribution >= 0.6 is 0 Å². The molecule has 15 heavy (non-hydrogen) atoms. The Hall–Kier alpha value is -1.11. The number of carbonyl (C=O) groups excluding carboxylic acids is 1. The van der Waals surface area contributed by atoms with E-state index in [2.05, 4.69) is 26.0 Å².